The van der Waals surface area contributed by atoms with Crippen molar-refractivity contribution in [2.45, 2.75) is 71.1 Å². The van der Waals surface area contributed by atoms with Gasteiger partial charge in [-0.3, -0.25) is 0 Å². The zero-order valence-electron chi connectivity index (χ0n) is 11.6. The molecule has 17 heavy (non-hydrogen) atoms. The quantitative estimate of drug-likeness (QED) is 0.721. The first kappa shape index (κ1) is 14.9. The largest absolute Gasteiger partial charge is 0.389 e. The Morgan fingerprint density at radius 1 is 1.18 bits per heavy atom. The van der Waals surface area contributed by atoms with Gasteiger partial charge >= 0.3 is 0 Å². The number of rotatable bonds is 7. The van der Waals surface area contributed by atoms with Crippen LogP contribution in [-0.2, 0) is 4.74 Å². The van der Waals surface area contributed by atoms with E-state index in [0.29, 0.717) is 19.2 Å². The predicted molar refractivity (Wildman–Crippen MR) is 71.1 cm³/mol. The summed E-state index contributed by atoms with van der Waals surface area (Å²) in [6.07, 6.45) is 6.63. The van der Waals surface area contributed by atoms with Crippen LogP contribution in [0.25, 0.3) is 0 Å². The van der Waals surface area contributed by atoms with Gasteiger partial charge in [-0.25, -0.2) is 0 Å². The molecule has 3 heteroatoms. The average Bonchev–Trinajstić information content (AvgIpc) is 2.34. The van der Waals surface area contributed by atoms with E-state index in [1.807, 2.05) is 13.8 Å². The summed E-state index contributed by atoms with van der Waals surface area (Å²) in [6, 6.07) is 0.518. The molecule has 3 nitrogen and oxygen atoms in total. The Hall–Kier alpha value is -0.120. The average molecular weight is 243 g/mol. The van der Waals surface area contributed by atoms with Crippen LogP contribution in [0.2, 0.25) is 0 Å². The van der Waals surface area contributed by atoms with Crippen LogP contribution in [0, 0.1) is 5.92 Å². The van der Waals surface area contributed by atoms with Gasteiger partial charge in [0.05, 0.1) is 18.8 Å². The molecule has 1 aliphatic carbocycles. The zero-order chi connectivity index (χ0) is 12.7. The molecular formula is C14H29NO2. The van der Waals surface area contributed by atoms with E-state index in [1.165, 1.54) is 32.1 Å². The molecule has 0 amide bonds. The minimum atomic E-state index is -0.386. The van der Waals surface area contributed by atoms with E-state index in [0.717, 1.165) is 5.92 Å². The molecule has 1 fully saturated rings. The minimum absolute atomic E-state index is 0.195. The Bertz CT molecular complexity index is 191. The Morgan fingerprint density at radius 3 is 2.41 bits per heavy atom. The van der Waals surface area contributed by atoms with E-state index in [1.54, 1.807) is 0 Å². The van der Waals surface area contributed by atoms with E-state index >= 15 is 0 Å². The van der Waals surface area contributed by atoms with Crippen LogP contribution in [0.1, 0.15) is 52.9 Å². The second-order valence-electron chi connectivity index (χ2n) is 5.63. The van der Waals surface area contributed by atoms with E-state index in [-0.39, 0.29) is 12.2 Å². The van der Waals surface area contributed by atoms with Gasteiger partial charge in [0.25, 0.3) is 0 Å². The third kappa shape index (κ3) is 6.39. The molecule has 2 atom stereocenters. The first-order valence-corrected chi connectivity index (χ1v) is 7.12. The summed E-state index contributed by atoms with van der Waals surface area (Å²) in [7, 11) is 0. The fourth-order valence-electron chi connectivity index (χ4n) is 2.49. The number of hydrogen-bond acceptors (Lipinski definition) is 3. The molecule has 0 saturated heterocycles. The summed E-state index contributed by atoms with van der Waals surface area (Å²) in [5.41, 5.74) is 0. The lowest BCUT2D eigenvalue weighted by Gasteiger charge is -2.29. The topological polar surface area (TPSA) is 41.5 Å². The molecule has 0 aliphatic heterocycles. The van der Waals surface area contributed by atoms with Gasteiger partial charge < -0.3 is 15.2 Å². The molecular weight excluding hydrogens is 214 g/mol. The van der Waals surface area contributed by atoms with E-state index < -0.39 is 0 Å². The van der Waals surface area contributed by atoms with Gasteiger partial charge in [0.15, 0.2) is 0 Å². The summed E-state index contributed by atoms with van der Waals surface area (Å²) >= 11 is 0. The van der Waals surface area contributed by atoms with Gasteiger partial charge in [-0.1, -0.05) is 19.3 Å². The highest BCUT2D eigenvalue weighted by molar-refractivity contribution is 4.76. The van der Waals surface area contributed by atoms with E-state index in [9.17, 15) is 5.11 Å². The smallest absolute Gasteiger partial charge is 0.0897 e. The van der Waals surface area contributed by atoms with Gasteiger partial charge in [-0.15, -0.1) is 0 Å². The molecule has 0 aromatic heterocycles. The maximum absolute atomic E-state index is 9.76. The van der Waals surface area contributed by atoms with Crippen LogP contribution in [0.5, 0.6) is 0 Å². The van der Waals surface area contributed by atoms with Crippen LogP contribution in [-0.4, -0.2) is 36.5 Å². The SMILES string of the molecule is CC(C)OCC(O)CN[C@@H](C)C1CCCCC1. The number of aliphatic hydroxyl groups excluding tert-OH is 1. The normalized spacial score (nSPS) is 21.7. The summed E-state index contributed by atoms with van der Waals surface area (Å²) in [5, 5.41) is 13.2. The Balaban J connectivity index is 2.11. The molecule has 1 aliphatic rings. The first-order chi connectivity index (χ1) is 8.09. The summed E-state index contributed by atoms with van der Waals surface area (Å²) in [6.45, 7) is 7.30. The molecule has 102 valence electrons. The van der Waals surface area contributed by atoms with E-state index in [4.69, 9.17) is 4.74 Å². The lowest BCUT2D eigenvalue weighted by atomic mass is 9.84. The number of aliphatic hydroxyl groups is 1. The monoisotopic (exact) mass is 243 g/mol. The predicted octanol–water partition coefficient (Wildman–Crippen LogP) is 2.33. The van der Waals surface area contributed by atoms with Gasteiger partial charge in [-0.2, -0.15) is 0 Å². The molecule has 1 rings (SSSR count). The molecule has 0 spiro atoms. The second-order valence-corrected chi connectivity index (χ2v) is 5.63. The van der Waals surface area contributed by atoms with Gasteiger partial charge in [-0.05, 0) is 39.5 Å². The van der Waals surface area contributed by atoms with Crippen molar-refractivity contribution in [1.82, 2.24) is 5.32 Å². The number of ether oxygens (including phenoxy) is 1. The highest BCUT2D eigenvalue weighted by atomic mass is 16.5. The third-order valence-electron chi connectivity index (χ3n) is 3.65. The molecule has 0 bridgehead atoms. The van der Waals surface area contributed by atoms with Crippen LogP contribution in [0.4, 0.5) is 0 Å². The Labute approximate surface area is 106 Å². The van der Waals surface area contributed by atoms with Crippen molar-refractivity contribution in [3.8, 4) is 0 Å². The van der Waals surface area contributed by atoms with Crippen molar-refractivity contribution < 1.29 is 9.84 Å². The number of nitrogens with one attached hydrogen (secondary N) is 1. The Morgan fingerprint density at radius 2 is 1.82 bits per heavy atom. The second kappa shape index (κ2) is 8.06. The zero-order valence-corrected chi connectivity index (χ0v) is 11.6. The van der Waals surface area contributed by atoms with Crippen LogP contribution in [0.3, 0.4) is 0 Å². The maximum Gasteiger partial charge on any atom is 0.0897 e. The van der Waals surface area contributed by atoms with Crippen LogP contribution in [0.15, 0.2) is 0 Å². The first-order valence-electron chi connectivity index (χ1n) is 7.12. The summed E-state index contributed by atoms with van der Waals surface area (Å²) in [5.74, 6) is 0.793. The fraction of sp³-hybridized carbons (Fsp3) is 1.00. The molecule has 1 saturated carbocycles. The summed E-state index contributed by atoms with van der Waals surface area (Å²) in [4.78, 5) is 0. The third-order valence-corrected chi connectivity index (χ3v) is 3.65. The Kier molecular flexibility index (Phi) is 7.09. The van der Waals surface area contributed by atoms with Gasteiger partial charge in [0, 0.05) is 12.6 Å². The minimum Gasteiger partial charge on any atom is -0.389 e. The van der Waals surface area contributed by atoms with Crippen molar-refractivity contribution in [2.75, 3.05) is 13.2 Å². The molecule has 2 N–H and O–H groups in total. The van der Waals surface area contributed by atoms with Crippen LogP contribution < -0.4 is 5.32 Å². The van der Waals surface area contributed by atoms with Crippen molar-refractivity contribution in [3.05, 3.63) is 0 Å². The van der Waals surface area contributed by atoms with Crippen molar-refractivity contribution in [1.29, 1.82) is 0 Å². The molecule has 0 aromatic carbocycles. The summed E-state index contributed by atoms with van der Waals surface area (Å²) < 4.78 is 5.39. The standard InChI is InChI=1S/C14H29NO2/c1-11(2)17-10-14(16)9-15-12(3)13-7-5-4-6-8-13/h11-16H,4-10H2,1-3H3/t12-,14?/m0/s1. The lowest BCUT2D eigenvalue weighted by Crippen LogP contribution is -2.40. The van der Waals surface area contributed by atoms with Gasteiger partial charge in [0.2, 0.25) is 0 Å². The highest BCUT2D eigenvalue weighted by Crippen LogP contribution is 2.26. The molecule has 1 unspecified atom stereocenters. The lowest BCUT2D eigenvalue weighted by molar-refractivity contribution is 0.00474. The fourth-order valence-corrected chi connectivity index (χ4v) is 2.49. The van der Waals surface area contributed by atoms with Crippen LogP contribution >= 0.6 is 0 Å². The highest BCUT2D eigenvalue weighted by Gasteiger charge is 2.20. The van der Waals surface area contributed by atoms with E-state index in [2.05, 4.69) is 12.2 Å². The van der Waals surface area contributed by atoms with Gasteiger partial charge in [0.1, 0.15) is 0 Å². The molecule has 0 radical (unpaired) electrons. The van der Waals surface area contributed by atoms with Crippen molar-refractivity contribution >= 4 is 0 Å². The van der Waals surface area contributed by atoms with Crippen molar-refractivity contribution in [2.24, 2.45) is 5.92 Å². The molecule has 0 heterocycles. The molecule has 0 aromatic rings. The van der Waals surface area contributed by atoms with Crippen molar-refractivity contribution in [3.63, 3.8) is 0 Å². The number of hydrogen-bond donors (Lipinski definition) is 2. The maximum atomic E-state index is 9.76.